The molecule has 0 aliphatic heterocycles. The molecular formula is C13H12N2O4S. The van der Waals surface area contributed by atoms with Gasteiger partial charge in [-0.1, -0.05) is 18.2 Å². The molecule has 0 atom stereocenters. The third kappa shape index (κ3) is 3.12. The van der Waals surface area contributed by atoms with E-state index in [9.17, 15) is 18.5 Å². The zero-order valence-electron chi connectivity index (χ0n) is 10.4. The van der Waals surface area contributed by atoms with Gasteiger partial charge in [-0.3, -0.25) is 10.1 Å². The van der Waals surface area contributed by atoms with Gasteiger partial charge >= 0.3 is 0 Å². The maximum absolute atomic E-state index is 12.2. The summed E-state index contributed by atoms with van der Waals surface area (Å²) in [5.74, 6) is -0.228. The number of nitro benzene ring substituents is 1. The lowest BCUT2D eigenvalue weighted by molar-refractivity contribution is -0.384. The van der Waals surface area contributed by atoms with Crippen molar-refractivity contribution >= 4 is 21.2 Å². The number of rotatable bonds is 4. The van der Waals surface area contributed by atoms with Crippen LogP contribution in [0.1, 0.15) is 5.56 Å². The number of nitro groups is 1. The second-order valence-corrected chi connectivity index (χ2v) is 6.24. The fourth-order valence-electron chi connectivity index (χ4n) is 1.72. The van der Waals surface area contributed by atoms with Gasteiger partial charge in [-0.15, -0.1) is 0 Å². The van der Waals surface area contributed by atoms with Gasteiger partial charge < -0.3 is 5.73 Å². The van der Waals surface area contributed by atoms with Crippen LogP contribution in [-0.4, -0.2) is 13.3 Å². The number of hydrogen-bond donors (Lipinski definition) is 1. The van der Waals surface area contributed by atoms with Crippen LogP contribution in [0.15, 0.2) is 53.4 Å². The van der Waals surface area contributed by atoms with Gasteiger partial charge in [0.05, 0.1) is 15.6 Å². The second-order valence-electron chi connectivity index (χ2n) is 4.26. The van der Waals surface area contributed by atoms with Crippen LogP contribution in [0.3, 0.4) is 0 Å². The third-order valence-electron chi connectivity index (χ3n) is 2.72. The van der Waals surface area contributed by atoms with E-state index in [1.165, 1.54) is 36.4 Å². The quantitative estimate of drug-likeness (QED) is 0.528. The summed E-state index contributed by atoms with van der Waals surface area (Å²) in [5, 5.41) is 10.5. The predicted molar refractivity (Wildman–Crippen MR) is 74.8 cm³/mol. The molecule has 0 saturated heterocycles. The van der Waals surface area contributed by atoms with Crippen molar-refractivity contribution in [1.29, 1.82) is 0 Å². The molecule has 104 valence electrons. The van der Waals surface area contributed by atoms with Gasteiger partial charge in [0, 0.05) is 17.8 Å². The van der Waals surface area contributed by atoms with Gasteiger partial charge in [0.25, 0.3) is 5.69 Å². The summed E-state index contributed by atoms with van der Waals surface area (Å²) in [7, 11) is -3.52. The van der Waals surface area contributed by atoms with Crippen molar-refractivity contribution < 1.29 is 13.3 Å². The van der Waals surface area contributed by atoms with E-state index in [-0.39, 0.29) is 16.3 Å². The molecule has 0 aliphatic rings. The topological polar surface area (TPSA) is 103 Å². The first-order valence-electron chi connectivity index (χ1n) is 5.70. The first-order valence-corrected chi connectivity index (χ1v) is 7.35. The molecule has 20 heavy (non-hydrogen) atoms. The van der Waals surface area contributed by atoms with Crippen molar-refractivity contribution in [3.63, 3.8) is 0 Å². The van der Waals surface area contributed by atoms with Crippen LogP contribution >= 0.6 is 0 Å². The molecule has 0 radical (unpaired) electrons. The molecule has 2 rings (SSSR count). The molecule has 0 spiro atoms. The van der Waals surface area contributed by atoms with Crippen molar-refractivity contribution in [2.75, 3.05) is 5.73 Å². The first kappa shape index (κ1) is 14.0. The SMILES string of the molecule is Nc1cccc(S(=O)(=O)Cc2ccc([N+](=O)[O-])cc2)c1. The molecule has 6 nitrogen and oxygen atoms in total. The van der Waals surface area contributed by atoms with Gasteiger partial charge in [0.1, 0.15) is 0 Å². The maximum Gasteiger partial charge on any atom is 0.269 e. The summed E-state index contributed by atoms with van der Waals surface area (Å²) in [4.78, 5) is 10.1. The van der Waals surface area contributed by atoms with Crippen molar-refractivity contribution in [3.05, 3.63) is 64.2 Å². The summed E-state index contributed by atoms with van der Waals surface area (Å²) in [6, 6.07) is 11.5. The van der Waals surface area contributed by atoms with E-state index >= 15 is 0 Å². The van der Waals surface area contributed by atoms with E-state index < -0.39 is 14.8 Å². The van der Waals surface area contributed by atoms with E-state index in [2.05, 4.69) is 0 Å². The largest absolute Gasteiger partial charge is 0.399 e. The summed E-state index contributed by atoms with van der Waals surface area (Å²) in [6.07, 6.45) is 0. The second kappa shape index (κ2) is 5.30. The molecule has 0 heterocycles. The van der Waals surface area contributed by atoms with Gasteiger partial charge in [0.15, 0.2) is 9.84 Å². The van der Waals surface area contributed by atoms with Crippen molar-refractivity contribution in [2.24, 2.45) is 0 Å². The minimum absolute atomic E-state index is 0.0740. The molecule has 0 bridgehead atoms. The number of benzene rings is 2. The maximum atomic E-state index is 12.2. The van der Waals surface area contributed by atoms with Crippen LogP contribution in [0, 0.1) is 10.1 Å². The Hall–Kier alpha value is -2.41. The summed E-state index contributed by atoms with van der Waals surface area (Å²) in [5.41, 5.74) is 6.34. The summed E-state index contributed by atoms with van der Waals surface area (Å²) in [6.45, 7) is 0. The minimum atomic E-state index is -3.52. The summed E-state index contributed by atoms with van der Waals surface area (Å²) >= 11 is 0. The Kier molecular flexibility index (Phi) is 3.71. The molecule has 0 fully saturated rings. The number of non-ortho nitro benzene ring substituents is 1. The highest BCUT2D eigenvalue weighted by Crippen LogP contribution is 2.20. The monoisotopic (exact) mass is 292 g/mol. The molecule has 0 aliphatic carbocycles. The molecule has 0 saturated carbocycles. The standard InChI is InChI=1S/C13H12N2O4S/c14-11-2-1-3-13(8-11)20(18,19)9-10-4-6-12(7-5-10)15(16)17/h1-8H,9,14H2. The first-order chi connectivity index (χ1) is 9.38. The van der Waals surface area contributed by atoms with Gasteiger partial charge in [-0.05, 0) is 23.8 Å². The van der Waals surface area contributed by atoms with Crippen LogP contribution in [0.25, 0.3) is 0 Å². The Balaban J connectivity index is 2.26. The predicted octanol–water partition coefficient (Wildman–Crippen LogP) is 2.15. The van der Waals surface area contributed by atoms with Crippen molar-refractivity contribution in [2.45, 2.75) is 10.6 Å². The normalized spacial score (nSPS) is 11.2. The van der Waals surface area contributed by atoms with E-state index in [0.29, 0.717) is 11.3 Å². The lowest BCUT2D eigenvalue weighted by Crippen LogP contribution is -2.05. The van der Waals surface area contributed by atoms with E-state index in [0.717, 1.165) is 0 Å². The van der Waals surface area contributed by atoms with Gasteiger partial charge in [-0.2, -0.15) is 0 Å². The van der Waals surface area contributed by atoms with Crippen LogP contribution < -0.4 is 5.73 Å². The smallest absolute Gasteiger partial charge is 0.269 e. The number of anilines is 1. The number of hydrogen-bond acceptors (Lipinski definition) is 5. The number of nitrogen functional groups attached to an aromatic ring is 1. The number of sulfone groups is 1. The van der Waals surface area contributed by atoms with E-state index in [1.54, 1.807) is 12.1 Å². The van der Waals surface area contributed by atoms with Crippen LogP contribution in [0.4, 0.5) is 11.4 Å². The Labute approximate surface area is 115 Å². The highest BCUT2D eigenvalue weighted by molar-refractivity contribution is 7.90. The average molecular weight is 292 g/mol. The Bertz CT molecular complexity index is 739. The Morgan fingerprint density at radius 2 is 1.75 bits per heavy atom. The molecule has 2 N–H and O–H groups in total. The summed E-state index contributed by atoms with van der Waals surface area (Å²) < 4.78 is 24.4. The molecule has 7 heteroatoms. The Morgan fingerprint density at radius 3 is 2.30 bits per heavy atom. The van der Waals surface area contributed by atoms with Crippen LogP contribution in [0.2, 0.25) is 0 Å². The highest BCUT2D eigenvalue weighted by Gasteiger charge is 2.16. The number of nitrogens with zero attached hydrogens (tertiary/aromatic N) is 1. The van der Waals surface area contributed by atoms with Crippen molar-refractivity contribution in [1.82, 2.24) is 0 Å². The Morgan fingerprint density at radius 1 is 1.10 bits per heavy atom. The van der Waals surface area contributed by atoms with Gasteiger partial charge in [0.2, 0.25) is 0 Å². The molecule has 0 unspecified atom stereocenters. The highest BCUT2D eigenvalue weighted by atomic mass is 32.2. The van der Waals surface area contributed by atoms with Crippen molar-refractivity contribution in [3.8, 4) is 0 Å². The lowest BCUT2D eigenvalue weighted by atomic mass is 10.2. The molecule has 2 aromatic rings. The molecule has 2 aromatic carbocycles. The van der Waals surface area contributed by atoms with E-state index in [4.69, 9.17) is 5.73 Å². The average Bonchev–Trinajstić information content (AvgIpc) is 2.39. The van der Waals surface area contributed by atoms with Gasteiger partial charge in [-0.25, -0.2) is 8.42 Å². The third-order valence-corrected chi connectivity index (χ3v) is 4.41. The van der Waals surface area contributed by atoms with Crippen LogP contribution in [0.5, 0.6) is 0 Å². The van der Waals surface area contributed by atoms with E-state index in [1.807, 2.05) is 0 Å². The molecule has 0 aromatic heterocycles. The fraction of sp³-hybridized carbons (Fsp3) is 0.0769. The zero-order chi connectivity index (χ0) is 14.8. The zero-order valence-corrected chi connectivity index (χ0v) is 11.2. The van der Waals surface area contributed by atoms with Crippen LogP contribution in [-0.2, 0) is 15.6 Å². The number of nitrogens with two attached hydrogens (primary N) is 1. The lowest BCUT2D eigenvalue weighted by Gasteiger charge is -2.05. The molecular weight excluding hydrogens is 280 g/mol. The minimum Gasteiger partial charge on any atom is -0.399 e. The molecule has 0 amide bonds. The fourth-order valence-corrected chi connectivity index (χ4v) is 3.12.